The lowest BCUT2D eigenvalue weighted by atomic mass is 10.1. The van der Waals surface area contributed by atoms with E-state index in [-0.39, 0.29) is 6.61 Å². The number of aliphatic hydroxyl groups is 1. The van der Waals surface area contributed by atoms with Gasteiger partial charge in [0.25, 0.3) is 0 Å². The molecule has 0 aliphatic rings. The Morgan fingerprint density at radius 3 is 2.47 bits per heavy atom. The molecular formula is C14H23NO2. The number of hydrogen-bond donors (Lipinski definition) is 2. The largest absolute Gasteiger partial charge is 0.493 e. The highest BCUT2D eigenvalue weighted by atomic mass is 16.5. The van der Waals surface area contributed by atoms with Crippen LogP contribution in [0.3, 0.4) is 0 Å². The van der Waals surface area contributed by atoms with Crippen LogP contribution < -0.4 is 10.1 Å². The maximum Gasteiger partial charge on any atom is 0.125 e. The predicted octanol–water partition coefficient (Wildman–Crippen LogP) is 2.04. The Bertz CT molecular complexity index is 306. The summed E-state index contributed by atoms with van der Waals surface area (Å²) < 4.78 is 5.80. The van der Waals surface area contributed by atoms with Gasteiger partial charge in [-0.1, -0.05) is 18.2 Å². The molecule has 2 N–H and O–H groups in total. The molecule has 0 atom stereocenters. The topological polar surface area (TPSA) is 41.5 Å². The lowest BCUT2D eigenvalue weighted by Crippen LogP contribution is -2.19. The van der Waals surface area contributed by atoms with E-state index in [0.29, 0.717) is 6.54 Å². The van der Waals surface area contributed by atoms with E-state index in [4.69, 9.17) is 9.84 Å². The second-order valence-electron chi connectivity index (χ2n) is 4.25. The molecule has 0 unspecified atom stereocenters. The van der Waals surface area contributed by atoms with Crippen LogP contribution in [0.1, 0.15) is 24.0 Å². The first-order valence-electron chi connectivity index (χ1n) is 6.26. The Morgan fingerprint density at radius 1 is 1.12 bits per heavy atom. The third-order valence-electron chi connectivity index (χ3n) is 2.69. The van der Waals surface area contributed by atoms with Crippen molar-refractivity contribution in [3.8, 4) is 5.75 Å². The van der Waals surface area contributed by atoms with E-state index in [0.717, 1.165) is 31.7 Å². The molecule has 0 fully saturated rings. The first-order valence-corrected chi connectivity index (χ1v) is 6.26. The third kappa shape index (κ3) is 5.20. The second-order valence-corrected chi connectivity index (χ2v) is 4.25. The van der Waals surface area contributed by atoms with Crippen LogP contribution in [0.25, 0.3) is 0 Å². The van der Waals surface area contributed by atoms with Crippen molar-refractivity contribution in [2.45, 2.75) is 26.7 Å². The molecule has 0 aliphatic carbocycles. The van der Waals surface area contributed by atoms with Crippen molar-refractivity contribution < 1.29 is 9.84 Å². The molecule has 0 aliphatic heterocycles. The van der Waals surface area contributed by atoms with Crippen LogP contribution in [0.5, 0.6) is 5.75 Å². The number of para-hydroxylation sites is 1. The molecule has 3 nitrogen and oxygen atoms in total. The van der Waals surface area contributed by atoms with E-state index in [1.165, 1.54) is 11.1 Å². The van der Waals surface area contributed by atoms with E-state index in [1.54, 1.807) is 0 Å². The number of unbranched alkanes of at least 4 members (excludes halogenated alkanes) is 1. The minimum atomic E-state index is 0.207. The van der Waals surface area contributed by atoms with E-state index in [9.17, 15) is 0 Å². The molecule has 1 aromatic rings. The molecule has 0 saturated carbocycles. The first-order chi connectivity index (χ1) is 8.25. The van der Waals surface area contributed by atoms with E-state index in [2.05, 4.69) is 37.4 Å². The average Bonchev–Trinajstić information content (AvgIpc) is 2.31. The number of aliphatic hydroxyl groups excluding tert-OH is 1. The highest BCUT2D eigenvalue weighted by molar-refractivity contribution is 5.39. The van der Waals surface area contributed by atoms with E-state index < -0.39 is 0 Å². The molecular weight excluding hydrogens is 214 g/mol. The van der Waals surface area contributed by atoms with Gasteiger partial charge in [0.15, 0.2) is 0 Å². The lowest BCUT2D eigenvalue weighted by molar-refractivity contribution is 0.285. The number of rotatable bonds is 8. The number of ether oxygens (including phenoxy) is 1. The standard InChI is InChI=1S/C14H23NO2/c1-12-6-5-7-13(2)14(12)17-11-4-3-8-15-9-10-16/h5-7,15-16H,3-4,8-11H2,1-2H3. The molecule has 0 saturated heterocycles. The Labute approximate surface area is 104 Å². The Balaban J connectivity index is 2.18. The van der Waals surface area contributed by atoms with E-state index in [1.807, 2.05) is 0 Å². The minimum Gasteiger partial charge on any atom is -0.493 e. The van der Waals surface area contributed by atoms with Crippen LogP contribution in [0.2, 0.25) is 0 Å². The van der Waals surface area contributed by atoms with Crippen molar-refractivity contribution in [2.24, 2.45) is 0 Å². The molecule has 96 valence electrons. The summed E-state index contributed by atoms with van der Waals surface area (Å²) in [5, 5.41) is 11.7. The van der Waals surface area contributed by atoms with Gasteiger partial charge in [0.1, 0.15) is 5.75 Å². The van der Waals surface area contributed by atoms with Crippen LogP contribution in [0.4, 0.5) is 0 Å². The zero-order valence-electron chi connectivity index (χ0n) is 10.8. The van der Waals surface area contributed by atoms with Gasteiger partial charge in [-0.05, 0) is 44.4 Å². The fraction of sp³-hybridized carbons (Fsp3) is 0.571. The SMILES string of the molecule is Cc1cccc(C)c1OCCCCNCCO. The highest BCUT2D eigenvalue weighted by Gasteiger charge is 2.02. The Hall–Kier alpha value is -1.06. The van der Waals surface area contributed by atoms with Crippen molar-refractivity contribution in [2.75, 3.05) is 26.3 Å². The zero-order valence-corrected chi connectivity index (χ0v) is 10.8. The van der Waals surface area contributed by atoms with Gasteiger partial charge in [-0.25, -0.2) is 0 Å². The summed E-state index contributed by atoms with van der Waals surface area (Å²) in [6, 6.07) is 6.20. The third-order valence-corrected chi connectivity index (χ3v) is 2.69. The quantitative estimate of drug-likeness (QED) is 0.680. The normalized spacial score (nSPS) is 10.5. The summed E-state index contributed by atoms with van der Waals surface area (Å²) in [7, 11) is 0. The van der Waals surface area contributed by atoms with Crippen LogP contribution in [-0.4, -0.2) is 31.4 Å². The predicted molar refractivity (Wildman–Crippen MR) is 70.6 cm³/mol. The van der Waals surface area contributed by atoms with Gasteiger partial charge in [-0.15, -0.1) is 0 Å². The number of benzene rings is 1. The maximum atomic E-state index is 8.59. The zero-order chi connectivity index (χ0) is 12.5. The fourth-order valence-electron chi connectivity index (χ4n) is 1.76. The van der Waals surface area contributed by atoms with Gasteiger partial charge in [-0.3, -0.25) is 0 Å². The summed E-state index contributed by atoms with van der Waals surface area (Å²) >= 11 is 0. The van der Waals surface area contributed by atoms with Crippen LogP contribution in [-0.2, 0) is 0 Å². The highest BCUT2D eigenvalue weighted by Crippen LogP contribution is 2.22. The van der Waals surface area contributed by atoms with Crippen molar-refractivity contribution >= 4 is 0 Å². The van der Waals surface area contributed by atoms with Crippen molar-refractivity contribution in [3.05, 3.63) is 29.3 Å². The van der Waals surface area contributed by atoms with Crippen LogP contribution in [0.15, 0.2) is 18.2 Å². The second kappa shape index (κ2) is 8.09. The first kappa shape index (κ1) is 14.0. The molecule has 1 rings (SSSR count). The molecule has 0 radical (unpaired) electrons. The number of nitrogens with one attached hydrogen (secondary N) is 1. The van der Waals surface area contributed by atoms with Crippen LogP contribution in [0, 0.1) is 13.8 Å². The maximum absolute atomic E-state index is 8.59. The Kier molecular flexibility index (Phi) is 6.67. The molecule has 0 amide bonds. The molecule has 0 heterocycles. The average molecular weight is 237 g/mol. The van der Waals surface area contributed by atoms with E-state index >= 15 is 0 Å². The molecule has 0 spiro atoms. The Morgan fingerprint density at radius 2 is 1.82 bits per heavy atom. The van der Waals surface area contributed by atoms with Crippen molar-refractivity contribution in [1.82, 2.24) is 5.32 Å². The molecule has 0 aromatic heterocycles. The van der Waals surface area contributed by atoms with Gasteiger partial charge in [-0.2, -0.15) is 0 Å². The summed E-state index contributed by atoms with van der Waals surface area (Å²) in [4.78, 5) is 0. The lowest BCUT2D eigenvalue weighted by Gasteiger charge is -2.11. The van der Waals surface area contributed by atoms with Crippen molar-refractivity contribution in [3.63, 3.8) is 0 Å². The molecule has 3 heteroatoms. The van der Waals surface area contributed by atoms with Gasteiger partial charge >= 0.3 is 0 Å². The smallest absolute Gasteiger partial charge is 0.125 e. The summed E-state index contributed by atoms with van der Waals surface area (Å²) in [6.07, 6.45) is 2.11. The fourth-order valence-corrected chi connectivity index (χ4v) is 1.76. The van der Waals surface area contributed by atoms with Gasteiger partial charge in [0, 0.05) is 6.54 Å². The number of aryl methyl sites for hydroxylation is 2. The van der Waals surface area contributed by atoms with Crippen LogP contribution >= 0.6 is 0 Å². The van der Waals surface area contributed by atoms with Gasteiger partial charge in [0.2, 0.25) is 0 Å². The van der Waals surface area contributed by atoms with Gasteiger partial charge < -0.3 is 15.2 Å². The molecule has 0 bridgehead atoms. The summed E-state index contributed by atoms with van der Waals surface area (Å²) in [6.45, 7) is 6.73. The summed E-state index contributed by atoms with van der Waals surface area (Å²) in [5.41, 5.74) is 2.40. The molecule has 17 heavy (non-hydrogen) atoms. The van der Waals surface area contributed by atoms with Crippen molar-refractivity contribution in [1.29, 1.82) is 0 Å². The summed E-state index contributed by atoms with van der Waals surface area (Å²) in [5.74, 6) is 1.02. The monoisotopic (exact) mass is 237 g/mol. The number of hydrogen-bond acceptors (Lipinski definition) is 3. The van der Waals surface area contributed by atoms with Gasteiger partial charge in [0.05, 0.1) is 13.2 Å². The minimum absolute atomic E-state index is 0.207. The molecule has 1 aromatic carbocycles.